The maximum absolute atomic E-state index is 13.3. The molecule has 7 nitrogen and oxygen atoms in total. The first-order valence-electron chi connectivity index (χ1n) is 8.49. The minimum Gasteiger partial charge on any atom is -0.467 e. The van der Waals surface area contributed by atoms with Crippen LogP contribution < -0.4 is 9.64 Å². The summed E-state index contributed by atoms with van der Waals surface area (Å²) in [6.07, 6.45) is 2.30. The van der Waals surface area contributed by atoms with Crippen molar-refractivity contribution in [1.82, 2.24) is 20.1 Å². The summed E-state index contributed by atoms with van der Waals surface area (Å²) in [7, 11) is 0. The number of benzene rings is 1. The number of ether oxygens (including phenoxy) is 1. The van der Waals surface area contributed by atoms with Crippen molar-refractivity contribution in [2.75, 3.05) is 18.0 Å². The summed E-state index contributed by atoms with van der Waals surface area (Å²) in [6, 6.07) is 7.80. The molecule has 3 heterocycles. The Morgan fingerprint density at radius 2 is 2.00 bits per heavy atom. The van der Waals surface area contributed by atoms with E-state index in [-0.39, 0.29) is 12.4 Å². The molecule has 1 fully saturated rings. The monoisotopic (exact) mass is 355 g/mol. The van der Waals surface area contributed by atoms with Crippen molar-refractivity contribution in [2.24, 2.45) is 0 Å². The third-order valence-corrected chi connectivity index (χ3v) is 4.10. The number of anilines is 1. The fourth-order valence-electron chi connectivity index (χ4n) is 2.85. The van der Waals surface area contributed by atoms with Crippen LogP contribution in [0, 0.1) is 12.7 Å². The van der Waals surface area contributed by atoms with Crippen molar-refractivity contribution in [2.45, 2.75) is 26.4 Å². The molecule has 1 aliphatic rings. The second-order valence-corrected chi connectivity index (χ2v) is 6.15. The van der Waals surface area contributed by atoms with Gasteiger partial charge in [-0.1, -0.05) is 17.3 Å². The second-order valence-electron chi connectivity index (χ2n) is 6.15. The Labute approximate surface area is 149 Å². The molecule has 1 aromatic carbocycles. The average Bonchev–Trinajstić information content (AvgIpc) is 3.32. The van der Waals surface area contributed by atoms with Gasteiger partial charge in [0.25, 0.3) is 5.89 Å². The largest absolute Gasteiger partial charge is 0.467 e. The SMILES string of the molecule is Cc1cc(OCc2nc(-c3cccc(F)c3)no2)nc(N2CCCC2)n1. The van der Waals surface area contributed by atoms with Crippen molar-refractivity contribution >= 4 is 5.95 Å². The standard InChI is InChI=1S/C18H18FN5O2/c1-12-9-15(22-18(20-12)24-7-2-3-8-24)25-11-16-21-17(23-26-16)13-5-4-6-14(19)10-13/h4-6,9-10H,2-3,7-8,11H2,1H3. The molecule has 1 saturated heterocycles. The van der Waals surface area contributed by atoms with Crippen LogP contribution in [-0.4, -0.2) is 33.2 Å². The number of aromatic nitrogens is 4. The molecule has 26 heavy (non-hydrogen) atoms. The minimum absolute atomic E-state index is 0.0816. The zero-order valence-electron chi connectivity index (χ0n) is 14.4. The van der Waals surface area contributed by atoms with Crippen molar-refractivity contribution in [3.05, 3.63) is 47.7 Å². The van der Waals surface area contributed by atoms with Gasteiger partial charge in [0.05, 0.1) is 0 Å². The Bertz CT molecular complexity index is 908. The van der Waals surface area contributed by atoms with Crippen LogP contribution in [0.25, 0.3) is 11.4 Å². The van der Waals surface area contributed by atoms with Crippen LogP contribution in [-0.2, 0) is 6.61 Å². The van der Waals surface area contributed by atoms with E-state index < -0.39 is 0 Å². The van der Waals surface area contributed by atoms with Gasteiger partial charge in [0.2, 0.25) is 17.7 Å². The smallest absolute Gasteiger partial charge is 0.264 e. The van der Waals surface area contributed by atoms with Crippen LogP contribution in [0.4, 0.5) is 10.3 Å². The highest BCUT2D eigenvalue weighted by Gasteiger charge is 2.17. The average molecular weight is 355 g/mol. The van der Waals surface area contributed by atoms with Crippen molar-refractivity contribution < 1.29 is 13.7 Å². The van der Waals surface area contributed by atoms with E-state index in [0.29, 0.717) is 29.1 Å². The van der Waals surface area contributed by atoms with Crippen molar-refractivity contribution in [1.29, 1.82) is 0 Å². The van der Waals surface area contributed by atoms with Crippen LogP contribution in [0.5, 0.6) is 5.88 Å². The van der Waals surface area contributed by atoms with Crippen LogP contribution in [0.15, 0.2) is 34.9 Å². The van der Waals surface area contributed by atoms with E-state index in [1.807, 2.05) is 6.92 Å². The van der Waals surface area contributed by atoms with Gasteiger partial charge in [-0.3, -0.25) is 0 Å². The molecule has 134 valence electrons. The van der Waals surface area contributed by atoms with Gasteiger partial charge >= 0.3 is 0 Å². The first-order chi connectivity index (χ1) is 12.7. The van der Waals surface area contributed by atoms with E-state index in [1.165, 1.54) is 12.1 Å². The summed E-state index contributed by atoms with van der Waals surface area (Å²) in [5.74, 6) is 1.41. The molecule has 0 radical (unpaired) electrons. The van der Waals surface area contributed by atoms with Gasteiger partial charge in [-0.15, -0.1) is 0 Å². The molecular weight excluding hydrogens is 337 g/mol. The lowest BCUT2D eigenvalue weighted by molar-refractivity contribution is 0.235. The van der Waals surface area contributed by atoms with Gasteiger partial charge in [-0.2, -0.15) is 9.97 Å². The number of nitrogens with zero attached hydrogens (tertiary/aromatic N) is 5. The third kappa shape index (κ3) is 3.63. The van der Waals surface area contributed by atoms with Gasteiger partial charge in [0.1, 0.15) is 5.82 Å². The topological polar surface area (TPSA) is 77.2 Å². The van der Waals surface area contributed by atoms with Crippen molar-refractivity contribution in [3.8, 4) is 17.3 Å². The Morgan fingerprint density at radius 3 is 2.81 bits per heavy atom. The molecule has 0 amide bonds. The molecule has 1 aliphatic heterocycles. The summed E-state index contributed by atoms with van der Waals surface area (Å²) in [4.78, 5) is 15.3. The van der Waals surface area contributed by atoms with E-state index in [0.717, 1.165) is 31.6 Å². The highest BCUT2D eigenvalue weighted by Crippen LogP contribution is 2.21. The molecule has 2 aromatic heterocycles. The molecule has 3 aromatic rings. The maximum Gasteiger partial charge on any atom is 0.264 e. The van der Waals surface area contributed by atoms with Crippen LogP contribution in [0.1, 0.15) is 24.4 Å². The normalized spacial score (nSPS) is 14.0. The zero-order chi connectivity index (χ0) is 17.9. The molecule has 0 unspecified atom stereocenters. The Morgan fingerprint density at radius 1 is 1.15 bits per heavy atom. The molecule has 4 rings (SSSR count). The lowest BCUT2D eigenvalue weighted by Crippen LogP contribution is -2.21. The number of halogens is 1. The highest BCUT2D eigenvalue weighted by molar-refractivity contribution is 5.53. The first kappa shape index (κ1) is 16.4. The van der Waals surface area contributed by atoms with E-state index >= 15 is 0 Å². The summed E-state index contributed by atoms with van der Waals surface area (Å²) >= 11 is 0. The Hall–Kier alpha value is -3.03. The lowest BCUT2D eigenvalue weighted by Gasteiger charge is -2.16. The number of hydrogen-bond acceptors (Lipinski definition) is 7. The fourth-order valence-corrected chi connectivity index (χ4v) is 2.85. The Balaban J connectivity index is 1.46. The maximum atomic E-state index is 13.3. The quantitative estimate of drug-likeness (QED) is 0.696. The molecule has 0 aliphatic carbocycles. The summed E-state index contributed by atoms with van der Waals surface area (Å²) in [5, 5.41) is 3.86. The first-order valence-corrected chi connectivity index (χ1v) is 8.49. The summed E-state index contributed by atoms with van der Waals surface area (Å²) in [5.41, 5.74) is 1.39. The van der Waals surface area contributed by atoms with Gasteiger partial charge in [0.15, 0.2) is 6.61 Å². The Kier molecular flexibility index (Phi) is 4.47. The second kappa shape index (κ2) is 7.07. The minimum atomic E-state index is -0.351. The van der Waals surface area contributed by atoms with Crippen LogP contribution in [0.2, 0.25) is 0 Å². The van der Waals surface area contributed by atoms with E-state index in [9.17, 15) is 4.39 Å². The summed E-state index contributed by atoms with van der Waals surface area (Å²) in [6.45, 7) is 3.91. The van der Waals surface area contributed by atoms with E-state index in [4.69, 9.17) is 9.26 Å². The predicted octanol–water partition coefficient (Wildman–Crippen LogP) is 3.15. The predicted molar refractivity (Wildman–Crippen MR) is 92.2 cm³/mol. The molecule has 0 atom stereocenters. The lowest BCUT2D eigenvalue weighted by atomic mass is 10.2. The number of aryl methyl sites for hydroxylation is 1. The molecule has 0 bridgehead atoms. The van der Waals surface area contributed by atoms with Crippen LogP contribution in [0.3, 0.4) is 0 Å². The number of hydrogen-bond donors (Lipinski definition) is 0. The third-order valence-electron chi connectivity index (χ3n) is 4.10. The summed E-state index contributed by atoms with van der Waals surface area (Å²) < 4.78 is 24.2. The van der Waals surface area contributed by atoms with Gasteiger partial charge in [-0.05, 0) is 31.9 Å². The molecule has 0 saturated carbocycles. The highest BCUT2D eigenvalue weighted by atomic mass is 19.1. The number of rotatable bonds is 5. The van der Waals surface area contributed by atoms with Gasteiger partial charge < -0.3 is 14.2 Å². The van der Waals surface area contributed by atoms with E-state index in [2.05, 4.69) is 25.0 Å². The molecule has 8 heteroatoms. The van der Waals surface area contributed by atoms with Crippen molar-refractivity contribution in [3.63, 3.8) is 0 Å². The van der Waals surface area contributed by atoms with Crippen LogP contribution >= 0.6 is 0 Å². The molecule has 0 N–H and O–H groups in total. The molecular formula is C18H18FN5O2. The molecule has 0 spiro atoms. The van der Waals surface area contributed by atoms with E-state index in [1.54, 1.807) is 18.2 Å². The zero-order valence-corrected chi connectivity index (χ0v) is 14.4. The van der Waals surface area contributed by atoms with Gasteiger partial charge in [0, 0.05) is 30.4 Å². The fraction of sp³-hybridized carbons (Fsp3) is 0.333. The van der Waals surface area contributed by atoms with Gasteiger partial charge in [-0.25, -0.2) is 9.37 Å².